The first-order valence-electron chi connectivity index (χ1n) is 11.6. The van der Waals surface area contributed by atoms with E-state index in [1.54, 1.807) is 0 Å². The third-order valence-corrected chi connectivity index (χ3v) is 6.85. The molecule has 1 N–H and O–H groups in total. The molecule has 228 valence electrons. The van der Waals surface area contributed by atoms with E-state index in [-0.39, 0.29) is 0 Å². The molecule has 1 aromatic heterocycles. The standard InChI is InChI=1S/C21H26FN2O15PS/c1-6-20-15(38-41-39-20)21(22,37-16(20)24-8-7-14(25)23-17(24)26)9-32-40(29,33-10-30-18(27)35-12(2)3)34-11-31-19(28)36-13(4)5/h1,7-8,12-13,15-16H,9-11H2,2-5H3,(H,23,25,26)/t15-,16+,20+,21+/m0/s1. The molecule has 20 heteroatoms. The van der Waals surface area contributed by atoms with E-state index in [1.807, 2.05) is 4.98 Å². The Bertz CT molecular complexity index is 1280. The van der Waals surface area contributed by atoms with E-state index in [4.69, 9.17) is 42.6 Å². The number of phosphoric ester groups is 1. The molecule has 2 aliphatic rings. The molecule has 17 nitrogen and oxygen atoms in total. The van der Waals surface area contributed by atoms with Crippen LogP contribution >= 0.6 is 20.1 Å². The van der Waals surface area contributed by atoms with Crippen molar-refractivity contribution < 1.29 is 64.2 Å². The van der Waals surface area contributed by atoms with Crippen LogP contribution in [0.2, 0.25) is 0 Å². The highest BCUT2D eigenvalue weighted by molar-refractivity contribution is 7.90. The average Bonchev–Trinajstić information content (AvgIpc) is 3.41. The van der Waals surface area contributed by atoms with Crippen molar-refractivity contribution in [2.24, 2.45) is 0 Å². The lowest BCUT2D eigenvalue weighted by molar-refractivity contribution is -0.203. The number of aromatic amines is 1. The van der Waals surface area contributed by atoms with Crippen molar-refractivity contribution in [3.63, 3.8) is 0 Å². The molecule has 2 aliphatic heterocycles. The minimum atomic E-state index is -4.93. The molecule has 0 radical (unpaired) electrons. The molecule has 1 aromatic rings. The molecule has 0 spiro atoms. The van der Waals surface area contributed by atoms with Gasteiger partial charge in [0.1, 0.15) is 6.61 Å². The fourth-order valence-electron chi connectivity index (χ4n) is 3.29. The van der Waals surface area contributed by atoms with Gasteiger partial charge in [0.15, 0.2) is 24.7 Å². The summed E-state index contributed by atoms with van der Waals surface area (Å²) >= 11 is 0.297. The van der Waals surface area contributed by atoms with Crippen molar-refractivity contribution >= 4 is 32.5 Å². The van der Waals surface area contributed by atoms with Crippen LogP contribution in [0.1, 0.15) is 33.9 Å². The first-order valence-corrected chi connectivity index (χ1v) is 13.7. The third kappa shape index (κ3) is 7.87. The van der Waals surface area contributed by atoms with Crippen LogP contribution in [0.4, 0.5) is 14.0 Å². The normalized spacial score (nSPS) is 25.5. The van der Waals surface area contributed by atoms with E-state index in [0.717, 1.165) is 16.8 Å². The van der Waals surface area contributed by atoms with Gasteiger partial charge in [0.25, 0.3) is 11.4 Å². The van der Waals surface area contributed by atoms with Crippen LogP contribution in [-0.2, 0) is 50.2 Å². The Hall–Kier alpha value is -2.95. The van der Waals surface area contributed by atoms with Crippen molar-refractivity contribution in [2.75, 3.05) is 20.2 Å². The quantitative estimate of drug-likeness (QED) is 0.116. The van der Waals surface area contributed by atoms with E-state index in [0.29, 0.717) is 12.3 Å². The summed E-state index contributed by atoms with van der Waals surface area (Å²) in [4.78, 5) is 49.1. The van der Waals surface area contributed by atoms with Gasteiger partial charge in [-0.05, 0) is 27.7 Å². The van der Waals surface area contributed by atoms with Crippen LogP contribution in [0.25, 0.3) is 0 Å². The van der Waals surface area contributed by atoms with Crippen LogP contribution < -0.4 is 11.2 Å². The molecular formula is C21H26FN2O15PS. The Morgan fingerprint density at radius 1 is 1.15 bits per heavy atom. The Morgan fingerprint density at radius 2 is 1.73 bits per heavy atom. The van der Waals surface area contributed by atoms with Gasteiger partial charge in [-0.2, -0.15) is 0 Å². The fraction of sp³-hybridized carbons (Fsp3) is 0.619. The summed E-state index contributed by atoms with van der Waals surface area (Å²) in [6.45, 7) is 2.70. The Balaban J connectivity index is 1.79. The lowest BCUT2D eigenvalue weighted by Gasteiger charge is -2.25. The summed E-state index contributed by atoms with van der Waals surface area (Å²) in [7, 11) is -4.93. The number of nitrogens with one attached hydrogen (secondary N) is 1. The maximum Gasteiger partial charge on any atom is 0.510 e. The van der Waals surface area contributed by atoms with Gasteiger partial charge in [-0.15, -0.1) is 6.42 Å². The number of halogens is 1. The summed E-state index contributed by atoms with van der Waals surface area (Å²) in [5.74, 6) is -0.898. The molecule has 0 saturated carbocycles. The maximum atomic E-state index is 16.3. The largest absolute Gasteiger partial charge is 0.510 e. The topological polar surface area (TPSA) is 198 Å². The molecule has 0 amide bonds. The van der Waals surface area contributed by atoms with E-state index < -0.39 is 87.6 Å². The number of aromatic nitrogens is 2. The van der Waals surface area contributed by atoms with Crippen LogP contribution in [0, 0.1) is 12.3 Å². The third-order valence-electron chi connectivity index (χ3n) is 4.95. The number of hydrogen-bond donors (Lipinski definition) is 1. The highest BCUT2D eigenvalue weighted by Crippen LogP contribution is 2.57. The predicted octanol–water partition coefficient (Wildman–Crippen LogP) is 2.28. The number of hydrogen-bond acceptors (Lipinski definition) is 16. The number of terminal acetylenes is 1. The molecule has 0 aromatic carbocycles. The van der Waals surface area contributed by atoms with Gasteiger partial charge in [-0.1, -0.05) is 5.92 Å². The second-order valence-corrected chi connectivity index (χ2v) is 10.8. The zero-order chi connectivity index (χ0) is 30.4. The number of phosphoric acid groups is 1. The van der Waals surface area contributed by atoms with Crippen LogP contribution in [0.3, 0.4) is 0 Å². The zero-order valence-corrected chi connectivity index (χ0v) is 23.7. The van der Waals surface area contributed by atoms with Crippen LogP contribution in [0.15, 0.2) is 21.9 Å². The summed E-state index contributed by atoms with van der Waals surface area (Å²) < 4.78 is 79.7. The number of ether oxygens (including phenoxy) is 5. The zero-order valence-electron chi connectivity index (χ0n) is 22.0. The van der Waals surface area contributed by atoms with Crippen LogP contribution in [0.5, 0.6) is 0 Å². The molecule has 0 unspecified atom stereocenters. The number of carbonyl (C=O) groups is 2. The number of nitrogens with zero attached hydrogens (tertiary/aromatic N) is 1. The predicted molar refractivity (Wildman–Crippen MR) is 131 cm³/mol. The summed E-state index contributed by atoms with van der Waals surface area (Å²) in [6.07, 6.45) is -0.432. The van der Waals surface area contributed by atoms with Gasteiger partial charge < -0.3 is 23.7 Å². The van der Waals surface area contributed by atoms with Gasteiger partial charge in [0.05, 0.1) is 12.2 Å². The monoisotopic (exact) mass is 628 g/mol. The molecule has 4 atom stereocenters. The Morgan fingerprint density at radius 3 is 2.24 bits per heavy atom. The number of fused-ring (bicyclic) bond motifs is 1. The first kappa shape index (κ1) is 32.6. The second-order valence-electron chi connectivity index (χ2n) is 8.68. The average molecular weight is 628 g/mol. The molecule has 3 rings (SSSR count). The van der Waals surface area contributed by atoms with E-state index >= 15 is 4.39 Å². The number of rotatable bonds is 12. The van der Waals surface area contributed by atoms with Crippen molar-refractivity contribution in [2.45, 2.75) is 63.7 Å². The van der Waals surface area contributed by atoms with Crippen LogP contribution in [-0.4, -0.2) is 71.8 Å². The molecular weight excluding hydrogens is 602 g/mol. The van der Waals surface area contributed by atoms with E-state index in [2.05, 4.69) is 15.4 Å². The lowest BCUT2D eigenvalue weighted by Crippen LogP contribution is -2.49. The maximum absolute atomic E-state index is 16.3. The minimum Gasteiger partial charge on any atom is -0.432 e. The molecule has 0 bridgehead atoms. The fourth-order valence-corrected chi connectivity index (χ4v) is 4.95. The highest BCUT2D eigenvalue weighted by Gasteiger charge is 2.72. The minimum absolute atomic E-state index is 0.297. The van der Waals surface area contributed by atoms with Gasteiger partial charge in [0.2, 0.25) is 19.2 Å². The van der Waals surface area contributed by atoms with Gasteiger partial charge in [0, 0.05) is 12.3 Å². The van der Waals surface area contributed by atoms with E-state index in [1.165, 1.54) is 27.7 Å². The molecule has 41 heavy (non-hydrogen) atoms. The molecule has 3 heterocycles. The number of carbonyl (C=O) groups excluding carboxylic acids is 2. The van der Waals surface area contributed by atoms with Crippen molar-refractivity contribution in [3.8, 4) is 12.3 Å². The first-order chi connectivity index (χ1) is 19.2. The smallest absolute Gasteiger partial charge is 0.432 e. The van der Waals surface area contributed by atoms with Crippen molar-refractivity contribution in [1.82, 2.24) is 9.55 Å². The van der Waals surface area contributed by atoms with Gasteiger partial charge in [-0.3, -0.25) is 27.2 Å². The SMILES string of the molecule is C#C[C@@]12OSO[C@@H]1[C@@](F)(COP(=O)(OCOC(=O)OC(C)C)OCOC(=O)OC(C)C)O[C@H]2n1ccc(=O)[nH]c1=O. The van der Waals surface area contributed by atoms with Gasteiger partial charge in [-0.25, -0.2) is 32.4 Å². The molecule has 2 saturated heterocycles. The van der Waals surface area contributed by atoms with E-state index in [9.17, 15) is 23.7 Å². The summed E-state index contributed by atoms with van der Waals surface area (Å²) in [5.41, 5.74) is -3.85. The Kier molecular flexibility index (Phi) is 10.6. The Labute approximate surface area is 235 Å². The molecule has 2 fully saturated rings. The second kappa shape index (κ2) is 13.4. The van der Waals surface area contributed by atoms with Gasteiger partial charge >= 0.3 is 25.8 Å². The number of H-pyrrole nitrogens is 1. The lowest BCUT2D eigenvalue weighted by atomic mass is 9.94. The summed E-state index contributed by atoms with van der Waals surface area (Å²) in [5, 5.41) is 0. The van der Waals surface area contributed by atoms with Crippen molar-refractivity contribution in [3.05, 3.63) is 33.1 Å². The molecule has 0 aliphatic carbocycles. The van der Waals surface area contributed by atoms with Crippen molar-refractivity contribution in [1.29, 1.82) is 0 Å². The summed E-state index contributed by atoms with van der Waals surface area (Å²) in [6, 6.07) is 0.951. The highest BCUT2D eigenvalue weighted by atomic mass is 32.2. The number of alkyl halides is 1.